The Balaban J connectivity index is 2.53. The summed E-state index contributed by atoms with van der Waals surface area (Å²) in [4.78, 5) is -0.374. The van der Waals surface area contributed by atoms with Crippen LogP contribution in [0.4, 0.5) is 4.39 Å². The van der Waals surface area contributed by atoms with Gasteiger partial charge in [-0.3, -0.25) is 0 Å². The maximum Gasteiger partial charge on any atom is 0.246 e. The van der Waals surface area contributed by atoms with Gasteiger partial charge in [-0.05, 0) is 26.7 Å². The van der Waals surface area contributed by atoms with E-state index in [2.05, 4.69) is 0 Å². The summed E-state index contributed by atoms with van der Waals surface area (Å²) in [5.74, 6) is -0.479. The Hall–Kier alpha value is -1.34. The normalized spacial score (nSPS) is 15.6. The van der Waals surface area contributed by atoms with E-state index in [4.69, 9.17) is 9.47 Å². The predicted molar refractivity (Wildman–Crippen MR) is 76.7 cm³/mol. The molecule has 1 aromatic carbocycles. The lowest BCUT2D eigenvalue weighted by molar-refractivity contribution is 0.338. The van der Waals surface area contributed by atoms with Gasteiger partial charge in [0.15, 0.2) is 11.5 Å². The van der Waals surface area contributed by atoms with Gasteiger partial charge in [-0.25, -0.2) is 12.8 Å². The molecule has 0 N–H and O–H groups in total. The van der Waals surface area contributed by atoms with E-state index in [1.807, 2.05) is 0 Å². The quantitative estimate of drug-likeness (QED) is 0.808. The monoisotopic (exact) mass is 317 g/mol. The first-order chi connectivity index (χ1) is 9.82. The Morgan fingerprint density at radius 3 is 2.14 bits per heavy atom. The van der Waals surface area contributed by atoms with Gasteiger partial charge in [-0.15, -0.1) is 0 Å². The molecule has 1 aliphatic rings. The summed E-state index contributed by atoms with van der Waals surface area (Å²) in [5, 5.41) is 0. The van der Waals surface area contributed by atoms with Crippen LogP contribution < -0.4 is 9.47 Å². The average molecular weight is 317 g/mol. The number of nitrogens with zero attached hydrogens (tertiary/aromatic N) is 1. The van der Waals surface area contributed by atoms with Crippen LogP contribution in [0.3, 0.4) is 0 Å². The molecule has 5 nitrogen and oxygen atoms in total. The van der Waals surface area contributed by atoms with Gasteiger partial charge in [-0.2, -0.15) is 4.31 Å². The molecular formula is C14H20FNO4S. The number of hydrogen-bond donors (Lipinski definition) is 0. The zero-order valence-electron chi connectivity index (χ0n) is 12.6. The van der Waals surface area contributed by atoms with Crippen LogP contribution in [0.1, 0.15) is 26.7 Å². The van der Waals surface area contributed by atoms with Crippen molar-refractivity contribution in [2.75, 3.05) is 14.2 Å². The van der Waals surface area contributed by atoms with Crippen molar-refractivity contribution in [2.24, 2.45) is 0 Å². The summed E-state index contributed by atoms with van der Waals surface area (Å²) in [6.07, 6.45) is 1.62. The van der Waals surface area contributed by atoms with Crippen molar-refractivity contribution in [1.82, 2.24) is 4.31 Å². The third-order valence-corrected chi connectivity index (χ3v) is 5.55. The lowest BCUT2D eigenvalue weighted by Gasteiger charge is -2.26. The van der Waals surface area contributed by atoms with Crippen LogP contribution in [-0.2, 0) is 10.0 Å². The maximum atomic E-state index is 14.2. The Bertz CT molecular complexity index is 624. The van der Waals surface area contributed by atoms with Crippen molar-refractivity contribution in [1.29, 1.82) is 0 Å². The zero-order valence-corrected chi connectivity index (χ0v) is 13.4. The average Bonchev–Trinajstić information content (AvgIpc) is 3.21. The lowest BCUT2D eigenvalue weighted by Crippen LogP contribution is -2.39. The van der Waals surface area contributed by atoms with E-state index in [-0.39, 0.29) is 28.5 Å². The summed E-state index contributed by atoms with van der Waals surface area (Å²) in [5.41, 5.74) is 0. The molecule has 21 heavy (non-hydrogen) atoms. The highest BCUT2D eigenvalue weighted by Crippen LogP contribution is 2.37. The summed E-state index contributed by atoms with van der Waals surface area (Å²) < 4.78 is 51.1. The van der Waals surface area contributed by atoms with Gasteiger partial charge in [-0.1, -0.05) is 0 Å². The highest BCUT2D eigenvalue weighted by molar-refractivity contribution is 7.89. The van der Waals surface area contributed by atoms with E-state index < -0.39 is 15.8 Å². The molecule has 0 bridgehead atoms. The third-order valence-electron chi connectivity index (χ3n) is 3.41. The van der Waals surface area contributed by atoms with Crippen LogP contribution in [0.2, 0.25) is 0 Å². The van der Waals surface area contributed by atoms with E-state index in [1.165, 1.54) is 24.6 Å². The van der Waals surface area contributed by atoms with Gasteiger partial charge < -0.3 is 9.47 Å². The first-order valence-electron chi connectivity index (χ1n) is 6.78. The van der Waals surface area contributed by atoms with Crippen molar-refractivity contribution in [3.8, 4) is 11.5 Å². The second kappa shape index (κ2) is 5.81. The number of ether oxygens (including phenoxy) is 2. The topological polar surface area (TPSA) is 55.8 Å². The van der Waals surface area contributed by atoms with Gasteiger partial charge >= 0.3 is 0 Å². The standard InChI is InChI=1S/C14H20FNO4S/c1-9(2)16(10-5-6-10)21(17,18)14-8-13(20-4)12(19-3)7-11(14)15/h7-10H,5-6H2,1-4H3. The number of sulfonamides is 1. The molecular weight excluding hydrogens is 297 g/mol. The van der Waals surface area contributed by atoms with Crippen LogP contribution in [0.15, 0.2) is 17.0 Å². The van der Waals surface area contributed by atoms with E-state index in [9.17, 15) is 12.8 Å². The molecule has 1 aromatic rings. The molecule has 0 atom stereocenters. The summed E-state index contributed by atoms with van der Waals surface area (Å²) in [6.45, 7) is 3.57. The number of rotatable bonds is 6. The predicted octanol–water partition coefficient (Wildman–Crippen LogP) is 2.40. The second-order valence-corrected chi connectivity index (χ2v) is 7.11. The smallest absolute Gasteiger partial charge is 0.246 e. The molecule has 118 valence electrons. The van der Waals surface area contributed by atoms with E-state index >= 15 is 0 Å². The number of hydrogen-bond acceptors (Lipinski definition) is 4. The Morgan fingerprint density at radius 2 is 1.71 bits per heavy atom. The van der Waals surface area contributed by atoms with Crippen molar-refractivity contribution < 1.29 is 22.3 Å². The first kappa shape index (κ1) is 16.0. The second-order valence-electron chi connectivity index (χ2n) is 5.30. The fraction of sp³-hybridized carbons (Fsp3) is 0.571. The minimum absolute atomic E-state index is 0.0394. The fourth-order valence-corrected chi connectivity index (χ4v) is 4.32. The van der Waals surface area contributed by atoms with E-state index in [0.717, 1.165) is 18.9 Å². The molecule has 0 radical (unpaired) electrons. The Morgan fingerprint density at radius 1 is 1.19 bits per heavy atom. The van der Waals surface area contributed by atoms with Crippen LogP contribution in [0.5, 0.6) is 11.5 Å². The van der Waals surface area contributed by atoms with E-state index in [1.54, 1.807) is 13.8 Å². The molecule has 0 spiro atoms. The van der Waals surface area contributed by atoms with Crippen LogP contribution >= 0.6 is 0 Å². The van der Waals surface area contributed by atoms with Crippen LogP contribution in [0.25, 0.3) is 0 Å². The van der Waals surface area contributed by atoms with Gasteiger partial charge in [0.25, 0.3) is 0 Å². The summed E-state index contributed by atoms with van der Waals surface area (Å²) in [6, 6.07) is 1.95. The molecule has 7 heteroatoms. The Kier molecular flexibility index (Phi) is 4.43. The summed E-state index contributed by atoms with van der Waals surface area (Å²) >= 11 is 0. The van der Waals surface area contributed by atoms with Crippen LogP contribution in [-0.4, -0.2) is 39.0 Å². The molecule has 1 saturated carbocycles. The van der Waals surface area contributed by atoms with E-state index in [0.29, 0.717) is 0 Å². The molecule has 0 heterocycles. The molecule has 0 unspecified atom stereocenters. The van der Waals surface area contributed by atoms with Gasteiger partial charge in [0, 0.05) is 24.2 Å². The van der Waals surface area contributed by atoms with Gasteiger partial charge in [0.2, 0.25) is 10.0 Å². The molecule has 0 saturated heterocycles. The van der Waals surface area contributed by atoms with Crippen molar-refractivity contribution >= 4 is 10.0 Å². The first-order valence-corrected chi connectivity index (χ1v) is 8.22. The number of methoxy groups -OCH3 is 2. The highest BCUT2D eigenvalue weighted by Gasteiger charge is 2.41. The van der Waals surface area contributed by atoms with Crippen LogP contribution in [0, 0.1) is 5.82 Å². The number of halogens is 1. The van der Waals surface area contributed by atoms with Gasteiger partial charge in [0.1, 0.15) is 10.7 Å². The highest BCUT2D eigenvalue weighted by atomic mass is 32.2. The number of benzene rings is 1. The SMILES string of the molecule is COc1cc(F)c(S(=O)(=O)N(C(C)C)C2CC2)cc1OC. The molecule has 1 aliphatic carbocycles. The van der Waals surface area contributed by atoms with Crippen molar-refractivity contribution in [3.05, 3.63) is 17.9 Å². The largest absolute Gasteiger partial charge is 0.493 e. The minimum Gasteiger partial charge on any atom is -0.493 e. The minimum atomic E-state index is -3.90. The molecule has 2 rings (SSSR count). The molecule has 0 aliphatic heterocycles. The molecule has 1 fully saturated rings. The maximum absolute atomic E-state index is 14.2. The Labute approximate surface area is 124 Å². The third kappa shape index (κ3) is 2.98. The molecule has 0 amide bonds. The van der Waals surface area contributed by atoms with Crippen molar-refractivity contribution in [2.45, 2.75) is 43.7 Å². The molecule has 0 aromatic heterocycles. The van der Waals surface area contributed by atoms with Gasteiger partial charge in [0.05, 0.1) is 14.2 Å². The lowest BCUT2D eigenvalue weighted by atomic mass is 10.3. The summed E-state index contributed by atoms with van der Waals surface area (Å²) in [7, 11) is -1.15. The van der Waals surface area contributed by atoms with Crippen molar-refractivity contribution in [3.63, 3.8) is 0 Å². The fourth-order valence-electron chi connectivity index (χ4n) is 2.37. The zero-order chi connectivity index (χ0) is 15.8.